The lowest BCUT2D eigenvalue weighted by Gasteiger charge is -2.22. The summed E-state index contributed by atoms with van der Waals surface area (Å²) in [6, 6.07) is 12.8. The summed E-state index contributed by atoms with van der Waals surface area (Å²) in [5.74, 6) is -0.988. The van der Waals surface area contributed by atoms with Crippen molar-refractivity contribution in [2.45, 2.75) is 6.10 Å². The molecule has 0 radical (unpaired) electrons. The number of halogens is 1. The first kappa shape index (κ1) is 17.4. The lowest BCUT2D eigenvalue weighted by Crippen LogP contribution is -2.33. The van der Waals surface area contributed by atoms with E-state index in [-0.39, 0.29) is 28.5 Å². The molecule has 0 amide bonds. The Morgan fingerprint density at radius 3 is 2.75 bits per heavy atom. The van der Waals surface area contributed by atoms with Gasteiger partial charge in [-0.2, -0.15) is 5.26 Å². The summed E-state index contributed by atoms with van der Waals surface area (Å²) >= 11 is 6.03. The molecule has 0 N–H and O–H groups in total. The van der Waals surface area contributed by atoms with Gasteiger partial charge >= 0.3 is 0 Å². The van der Waals surface area contributed by atoms with Crippen LogP contribution in [0.2, 0.25) is 5.02 Å². The van der Waals surface area contributed by atoms with Crippen LogP contribution in [0, 0.1) is 11.3 Å². The van der Waals surface area contributed by atoms with Crippen molar-refractivity contribution in [3.05, 3.63) is 71.3 Å². The second kappa shape index (κ2) is 8.04. The Morgan fingerprint density at radius 2 is 2.12 bits per heavy atom. The molecular weight excluding hydrogens is 330 g/mol. The molecule has 1 atom stereocenters. The smallest absolute Gasteiger partial charge is 0.165 e. The van der Waals surface area contributed by atoms with Gasteiger partial charge in [-0.25, -0.2) is 0 Å². The lowest BCUT2D eigenvalue weighted by molar-refractivity contribution is -0.314. The SMILES string of the molecule is C=CCOc1ccc(C#N)c(OC(C(=O)[O-])c2ccccc2Cl)c1. The third kappa shape index (κ3) is 4.06. The maximum absolute atomic E-state index is 11.5. The fourth-order valence-electron chi connectivity index (χ4n) is 1.99. The number of rotatable bonds is 7. The molecule has 0 saturated carbocycles. The highest BCUT2D eigenvalue weighted by atomic mass is 35.5. The van der Waals surface area contributed by atoms with Crippen molar-refractivity contribution in [3.63, 3.8) is 0 Å². The summed E-state index contributed by atoms with van der Waals surface area (Å²) in [4.78, 5) is 11.5. The van der Waals surface area contributed by atoms with Crippen LogP contribution in [0.5, 0.6) is 11.5 Å². The van der Waals surface area contributed by atoms with E-state index in [1.807, 2.05) is 6.07 Å². The van der Waals surface area contributed by atoms with Crippen LogP contribution >= 0.6 is 11.6 Å². The van der Waals surface area contributed by atoms with E-state index >= 15 is 0 Å². The Hall–Kier alpha value is -2.97. The van der Waals surface area contributed by atoms with Gasteiger partial charge in [0.1, 0.15) is 24.2 Å². The zero-order valence-corrected chi connectivity index (χ0v) is 13.3. The number of carbonyl (C=O) groups excluding carboxylic acids is 1. The molecule has 2 aromatic carbocycles. The summed E-state index contributed by atoms with van der Waals surface area (Å²) in [6.45, 7) is 3.81. The number of carboxylic acids is 1. The first-order valence-electron chi connectivity index (χ1n) is 6.96. The number of carboxylic acid groups (broad SMARTS) is 1. The van der Waals surface area contributed by atoms with Crippen molar-refractivity contribution >= 4 is 17.6 Å². The van der Waals surface area contributed by atoms with Crippen LogP contribution in [0.25, 0.3) is 0 Å². The molecule has 0 aliphatic carbocycles. The Kier molecular flexibility index (Phi) is 5.83. The Balaban J connectivity index is 2.39. The monoisotopic (exact) mass is 342 g/mol. The molecule has 2 aromatic rings. The van der Waals surface area contributed by atoms with E-state index in [9.17, 15) is 15.2 Å². The van der Waals surface area contributed by atoms with Gasteiger partial charge in [-0.15, -0.1) is 0 Å². The summed E-state index contributed by atoms with van der Waals surface area (Å²) in [5.41, 5.74) is 0.403. The van der Waals surface area contributed by atoms with Crippen molar-refractivity contribution in [3.8, 4) is 17.6 Å². The van der Waals surface area contributed by atoms with Gasteiger partial charge in [-0.1, -0.05) is 42.5 Å². The molecule has 0 heterocycles. The normalized spacial score (nSPS) is 11.2. The number of aliphatic carboxylic acids is 1. The minimum atomic E-state index is -1.47. The van der Waals surface area contributed by atoms with Gasteiger partial charge in [0.05, 0.1) is 11.5 Å². The molecule has 5 nitrogen and oxygen atoms in total. The lowest BCUT2D eigenvalue weighted by atomic mass is 10.1. The van der Waals surface area contributed by atoms with Crippen LogP contribution in [0.1, 0.15) is 17.2 Å². The second-order valence-corrected chi connectivity index (χ2v) is 5.12. The standard InChI is InChI=1S/C18H14ClNO4/c1-2-9-23-13-8-7-12(11-20)16(10-13)24-17(18(21)22)14-5-3-4-6-15(14)19/h2-8,10,17H,1,9H2,(H,21,22)/p-1. The number of hydrogen-bond acceptors (Lipinski definition) is 5. The number of nitrogens with zero attached hydrogens (tertiary/aromatic N) is 1. The van der Waals surface area contributed by atoms with Crippen LogP contribution in [0.15, 0.2) is 55.1 Å². The first-order valence-corrected chi connectivity index (χ1v) is 7.34. The van der Waals surface area contributed by atoms with Crippen LogP contribution in [-0.2, 0) is 4.79 Å². The zero-order chi connectivity index (χ0) is 17.5. The second-order valence-electron chi connectivity index (χ2n) is 4.71. The summed E-state index contributed by atoms with van der Waals surface area (Å²) in [6.07, 6.45) is 0.104. The van der Waals surface area contributed by atoms with Gasteiger partial charge in [-0.05, 0) is 18.2 Å². The highest BCUT2D eigenvalue weighted by molar-refractivity contribution is 6.31. The van der Waals surface area contributed by atoms with Crippen molar-refractivity contribution in [2.75, 3.05) is 6.61 Å². The van der Waals surface area contributed by atoms with Crippen molar-refractivity contribution in [2.24, 2.45) is 0 Å². The summed E-state index contributed by atoms with van der Waals surface area (Å²) in [7, 11) is 0. The van der Waals surface area contributed by atoms with E-state index in [2.05, 4.69) is 6.58 Å². The molecule has 0 aliphatic rings. The topological polar surface area (TPSA) is 82.4 Å². The van der Waals surface area contributed by atoms with Crippen LogP contribution in [-0.4, -0.2) is 12.6 Å². The molecule has 6 heteroatoms. The third-order valence-corrected chi connectivity index (χ3v) is 3.43. The molecule has 2 rings (SSSR count). The zero-order valence-electron chi connectivity index (χ0n) is 12.6. The first-order chi connectivity index (χ1) is 11.6. The van der Waals surface area contributed by atoms with E-state index < -0.39 is 12.1 Å². The predicted octanol–water partition coefficient (Wildman–Crippen LogP) is 2.65. The van der Waals surface area contributed by atoms with E-state index in [0.717, 1.165) is 0 Å². The largest absolute Gasteiger partial charge is 0.546 e. The highest BCUT2D eigenvalue weighted by Crippen LogP contribution is 2.31. The van der Waals surface area contributed by atoms with E-state index in [1.165, 1.54) is 18.2 Å². The van der Waals surface area contributed by atoms with Crippen LogP contribution in [0.3, 0.4) is 0 Å². The number of carbonyl (C=O) groups is 1. The van der Waals surface area contributed by atoms with Gasteiger partial charge in [-0.3, -0.25) is 0 Å². The Bertz CT molecular complexity index is 798. The molecule has 0 aromatic heterocycles. The molecule has 1 unspecified atom stereocenters. The molecule has 0 fully saturated rings. The molecule has 24 heavy (non-hydrogen) atoms. The molecular formula is C18H13ClNO4-. The van der Waals surface area contributed by atoms with Gasteiger partial charge in [0.2, 0.25) is 0 Å². The molecule has 0 aliphatic heterocycles. The number of ether oxygens (including phenoxy) is 2. The number of nitriles is 1. The summed E-state index contributed by atoms with van der Waals surface area (Å²) < 4.78 is 10.9. The molecule has 0 bridgehead atoms. The molecule has 122 valence electrons. The van der Waals surface area contributed by atoms with E-state index in [0.29, 0.717) is 5.75 Å². The minimum Gasteiger partial charge on any atom is -0.546 e. The van der Waals surface area contributed by atoms with E-state index in [4.69, 9.17) is 21.1 Å². The summed E-state index contributed by atoms with van der Waals surface area (Å²) in [5, 5.41) is 20.9. The van der Waals surface area contributed by atoms with Crippen molar-refractivity contribution in [1.29, 1.82) is 5.26 Å². The quantitative estimate of drug-likeness (QED) is 0.722. The average molecular weight is 343 g/mol. The Labute approximate surface area is 144 Å². The van der Waals surface area contributed by atoms with Gasteiger partial charge < -0.3 is 19.4 Å². The minimum absolute atomic E-state index is 0.0631. The third-order valence-electron chi connectivity index (χ3n) is 3.09. The van der Waals surface area contributed by atoms with Crippen LogP contribution < -0.4 is 14.6 Å². The maximum Gasteiger partial charge on any atom is 0.165 e. The average Bonchev–Trinajstić information content (AvgIpc) is 2.58. The molecule has 0 spiro atoms. The van der Waals surface area contributed by atoms with Crippen molar-refractivity contribution < 1.29 is 19.4 Å². The van der Waals surface area contributed by atoms with Crippen LogP contribution in [0.4, 0.5) is 0 Å². The van der Waals surface area contributed by atoms with Crippen molar-refractivity contribution in [1.82, 2.24) is 0 Å². The van der Waals surface area contributed by atoms with Gasteiger partial charge in [0.25, 0.3) is 0 Å². The fraction of sp³-hybridized carbons (Fsp3) is 0.111. The van der Waals surface area contributed by atoms with Gasteiger partial charge in [0.15, 0.2) is 6.10 Å². The number of hydrogen-bond donors (Lipinski definition) is 0. The fourth-order valence-corrected chi connectivity index (χ4v) is 2.23. The highest BCUT2D eigenvalue weighted by Gasteiger charge is 2.20. The maximum atomic E-state index is 11.5. The van der Waals surface area contributed by atoms with E-state index in [1.54, 1.807) is 30.3 Å². The Morgan fingerprint density at radius 1 is 1.38 bits per heavy atom. The van der Waals surface area contributed by atoms with Gasteiger partial charge in [0, 0.05) is 16.7 Å². The number of benzene rings is 2. The molecule has 0 saturated heterocycles. The predicted molar refractivity (Wildman–Crippen MR) is 86.7 cm³/mol.